The minimum absolute atomic E-state index is 0.0816. The van der Waals surface area contributed by atoms with Crippen LogP contribution < -0.4 is 5.32 Å². The quantitative estimate of drug-likeness (QED) is 0.779. The summed E-state index contributed by atoms with van der Waals surface area (Å²) in [5, 5.41) is 12.0. The number of allylic oxidation sites excluding steroid dienone is 1. The lowest BCUT2D eigenvalue weighted by Gasteiger charge is -2.31. The van der Waals surface area contributed by atoms with Crippen LogP contribution in [0.2, 0.25) is 0 Å². The van der Waals surface area contributed by atoms with Gasteiger partial charge in [0.05, 0.1) is 12.0 Å². The normalized spacial score (nSPS) is 25.0. The molecule has 2 N–H and O–H groups in total. The third kappa shape index (κ3) is 3.11. The molecule has 0 saturated carbocycles. The van der Waals surface area contributed by atoms with Crippen molar-refractivity contribution in [3.05, 3.63) is 35.3 Å². The largest absolute Gasteiger partial charge is 0.497 e. The number of amides is 2. The van der Waals surface area contributed by atoms with Crippen molar-refractivity contribution in [1.29, 1.82) is 0 Å². The molecule has 3 rings (SSSR count). The Morgan fingerprint density at radius 2 is 2.12 bits per heavy atom. The molecule has 0 aromatic heterocycles. The zero-order valence-electron chi connectivity index (χ0n) is 14.2. The highest BCUT2D eigenvalue weighted by Crippen LogP contribution is 2.38. The van der Waals surface area contributed by atoms with Gasteiger partial charge in [0, 0.05) is 5.57 Å². The molecule has 8 nitrogen and oxygen atoms in total. The summed E-state index contributed by atoms with van der Waals surface area (Å²) < 4.78 is 10.6. The van der Waals surface area contributed by atoms with Crippen LogP contribution in [0.5, 0.6) is 0 Å². The number of aliphatic carboxylic acids is 1. The molecule has 0 aliphatic carbocycles. The van der Waals surface area contributed by atoms with Gasteiger partial charge >= 0.3 is 12.1 Å². The molecule has 8 heteroatoms. The van der Waals surface area contributed by atoms with Crippen LogP contribution in [-0.4, -0.2) is 52.3 Å². The second kappa shape index (κ2) is 5.94. The number of ether oxygens (including phenoxy) is 2. The van der Waals surface area contributed by atoms with Gasteiger partial charge in [-0.05, 0) is 38.8 Å². The topological polar surface area (TPSA) is 105 Å². The molecule has 3 heterocycles. The van der Waals surface area contributed by atoms with Crippen LogP contribution in [-0.2, 0) is 19.1 Å². The van der Waals surface area contributed by atoms with E-state index in [0.29, 0.717) is 16.8 Å². The summed E-state index contributed by atoms with van der Waals surface area (Å²) in [5.74, 6) is -1.59. The maximum absolute atomic E-state index is 12.9. The minimum Gasteiger partial charge on any atom is -0.497 e. The van der Waals surface area contributed by atoms with E-state index in [1.165, 1.54) is 11.2 Å². The molecule has 3 aliphatic heterocycles. The first kappa shape index (κ1) is 17.1. The predicted octanol–water partition coefficient (Wildman–Crippen LogP) is 1.30. The number of alkyl carbamates (subject to hydrolysis) is 1. The summed E-state index contributed by atoms with van der Waals surface area (Å²) >= 11 is 0. The lowest BCUT2D eigenvalue weighted by atomic mass is 9.98. The average Bonchev–Trinajstić information content (AvgIpc) is 2.66. The van der Waals surface area contributed by atoms with Gasteiger partial charge in [-0.25, -0.2) is 9.59 Å². The number of carboxylic acids is 1. The van der Waals surface area contributed by atoms with E-state index in [2.05, 4.69) is 5.32 Å². The molecule has 0 fully saturated rings. The molecule has 0 radical (unpaired) electrons. The molecule has 0 bridgehead atoms. The van der Waals surface area contributed by atoms with Gasteiger partial charge < -0.3 is 19.9 Å². The standard InChI is InChI=1S/C17H20N2O6/c1-17(2,3)25-16(23)18-12-10-8-24-7-6-9-4-5-11(15(21)22)19(13(9)10)14(12)20/h4,6-7,11-12H,5,8H2,1-3H3,(H,18,23)(H,21,22)/t11-,12-/m0/s1. The van der Waals surface area contributed by atoms with E-state index in [-0.39, 0.29) is 13.0 Å². The Bertz CT molecular complexity index is 728. The first-order valence-corrected chi connectivity index (χ1v) is 7.96. The van der Waals surface area contributed by atoms with Crippen molar-refractivity contribution in [2.45, 2.75) is 44.9 Å². The van der Waals surface area contributed by atoms with E-state index in [1.807, 2.05) is 0 Å². The second-order valence-electron chi connectivity index (χ2n) is 7.02. The summed E-state index contributed by atoms with van der Waals surface area (Å²) in [4.78, 5) is 37.8. The molecule has 3 aliphatic rings. The van der Waals surface area contributed by atoms with Crippen LogP contribution >= 0.6 is 0 Å². The molecular formula is C17H20N2O6. The molecule has 0 aromatic carbocycles. The smallest absolute Gasteiger partial charge is 0.408 e. The van der Waals surface area contributed by atoms with Crippen molar-refractivity contribution in [1.82, 2.24) is 10.2 Å². The Hall–Kier alpha value is -2.77. The lowest BCUT2D eigenvalue weighted by Crippen LogP contribution is -2.50. The van der Waals surface area contributed by atoms with Crippen LogP contribution in [0.15, 0.2) is 35.3 Å². The van der Waals surface area contributed by atoms with Crippen LogP contribution in [0, 0.1) is 0 Å². The Morgan fingerprint density at radius 1 is 1.40 bits per heavy atom. The number of carbonyl (C=O) groups is 3. The van der Waals surface area contributed by atoms with Crippen LogP contribution in [0.25, 0.3) is 0 Å². The monoisotopic (exact) mass is 348 g/mol. The zero-order chi connectivity index (χ0) is 18.4. The Morgan fingerprint density at radius 3 is 2.76 bits per heavy atom. The fourth-order valence-electron chi connectivity index (χ4n) is 3.11. The first-order chi connectivity index (χ1) is 11.7. The SMILES string of the molecule is CC(C)(C)OC(=O)N[C@@H]1C(=O)N2C3=C1COC=CC3=CC[C@H]2C(=O)O. The van der Waals surface area contributed by atoms with E-state index in [0.717, 1.165) is 0 Å². The summed E-state index contributed by atoms with van der Waals surface area (Å²) in [6.45, 7) is 5.23. The Kier molecular flexibility index (Phi) is 4.06. The zero-order valence-corrected chi connectivity index (χ0v) is 14.2. The van der Waals surface area contributed by atoms with Gasteiger partial charge in [0.15, 0.2) is 0 Å². The molecular weight excluding hydrogens is 328 g/mol. The molecule has 0 saturated heterocycles. The van der Waals surface area contributed by atoms with E-state index in [9.17, 15) is 19.5 Å². The van der Waals surface area contributed by atoms with Gasteiger partial charge in [0.25, 0.3) is 5.91 Å². The van der Waals surface area contributed by atoms with E-state index in [4.69, 9.17) is 9.47 Å². The number of nitrogens with zero attached hydrogens (tertiary/aromatic N) is 1. The molecule has 134 valence electrons. The van der Waals surface area contributed by atoms with Crippen LogP contribution in [0.1, 0.15) is 27.2 Å². The number of rotatable bonds is 2. The van der Waals surface area contributed by atoms with Crippen molar-refractivity contribution < 1.29 is 29.0 Å². The molecule has 0 aromatic rings. The second-order valence-corrected chi connectivity index (χ2v) is 7.02. The van der Waals surface area contributed by atoms with E-state index < -0.39 is 35.7 Å². The molecule has 0 unspecified atom stereocenters. The van der Waals surface area contributed by atoms with Crippen molar-refractivity contribution in [3.63, 3.8) is 0 Å². The van der Waals surface area contributed by atoms with Crippen molar-refractivity contribution in [2.75, 3.05) is 6.61 Å². The third-order valence-corrected chi connectivity index (χ3v) is 4.05. The highest BCUT2D eigenvalue weighted by Gasteiger charge is 2.48. The minimum atomic E-state index is -1.09. The Balaban J connectivity index is 1.95. The number of carbonyl (C=O) groups excluding carboxylic acids is 2. The highest BCUT2D eigenvalue weighted by atomic mass is 16.6. The average molecular weight is 348 g/mol. The summed E-state index contributed by atoms with van der Waals surface area (Å²) in [7, 11) is 0. The van der Waals surface area contributed by atoms with Crippen molar-refractivity contribution in [2.24, 2.45) is 0 Å². The summed E-state index contributed by atoms with van der Waals surface area (Å²) in [5.41, 5.74) is 1.02. The number of hydrogen-bond donors (Lipinski definition) is 2. The van der Waals surface area contributed by atoms with Gasteiger partial charge in [-0.3, -0.25) is 9.69 Å². The van der Waals surface area contributed by atoms with Gasteiger partial charge in [-0.2, -0.15) is 0 Å². The van der Waals surface area contributed by atoms with E-state index >= 15 is 0 Å². The fraction of sp³-hybridized carbons (Fsp3) is 0.471. The molecule has 2 atom stereocenters. The number of nitrogens with one attached hydrogen (secondary N) is 1. The van der Waals surface area contributed by atoms with Gasteiger partial charge in [0.2, 0.25) is 0 Å². The lowest BCUT2D eigenvalue weighted by molar-refractivity contribution is -0.148. The third-order valence-electron chi connectivity index (χ3n) is 4.05. The maximum atomic E-state index is 12.9. The highest BCUT2D eigenvalue weighted by molar-refractivity contribution is 5.98. The summed E-state index contributed by atoms with van der Waals surface area (Å²) in [6, 6.07) is -2.01. The van der Waals surface area contributed by atoms with Gasteiger partial charge in [-0.1, -0.05) is 6.08 Å². The molecule has 0 spiro atoms. The van der Waals surface area contributed by atoms with Gasteiger partial charge in [0.1, 0.15) is 24.3 Å². The fourth-order valence-corrected chi connectivity index (χ4v) is 3.11. The first-order valence-electron chi connectivity index (χ1n) is 7.96. The van der Waals surface area contributed by atoms with Crippen LogP contribution in [0.4, 0.5) is 4.79 Å². The van der Waals surface area contributed by atoms with Crippen LogP contribution in [0.3, 0.4) is 0 Å². The molecule has 25 heavy (non-hydrogen) atoms. The van der Waals surface area contributed by atoms with Crippen molar-refractivity contribution >= 4 is 18.0 Å². The Labute approximate surface area is 144 Å². The van der Waals surface area contributed by atoms with E-state index in [1.54, 1.807) is 32.9 Å². The predicted molar refractivity (Wildman–Crippen MR) is 86.2 cm³/mol. The number of carboxylic acid groups (broad SMARTS) is 1. The maximum Gasteiger partial charge on any atom is 0.408 e. The number of hydrogen-bond acceptors (Lipinski definition) is 5. The molecule has 2 amide bonds. The van der Waals surface area contributed by atoms with Crippen molar-refractivity contribution in [3.8, 4) is 0 Å². The van der Waals surface area contributed by atoms with Gasteiger partial charge in [-0.15, -0.1) is 0 Å². The summed E-state index contributed by atoms with van der Waals surface area (Å²) in [6.07, 6.45) is 4.40.